The van der Waals surface area contributed by atoms with Crippen molar-refractivity contribution >= 4 is 23.6 Å². The van der Waals surface area contributed by atoms with Crippen molar-refractivity contribution < 1.29 is 9.59 Å². The third-order valence-electron chi connectivity index (χ3n) is 4.69. The number of benzene rings is 2. The quantitative estimate of drug-likeness (QED) is 0.662. The Morgan fingerprint density at radius 3 is 2.43 bits per heavy atom. The molecule has 0 aliphatic heterocycles. The molecule has 1 N–H and O–H groups in total. The number of aryl methyl sites for hydroxylation is 1. The summed E-state index contributed by atoms with van der Waals surface area (Å²) in [7, 11) is 1.62. The van der Waals surface area contributed by atoms with Crippen molar-refractivity contribution in [2.75, 3.05) is 19.3 Å². The van der Waals surface area contributed by atoms with E-state index in [4.69, 9.17) is 0 Å². The van der Waals surface area contributed by atoms with E-state index in [1.807, 2.05) is 31.2 Å². The second kappa shape index (κ2) is 11.5. The van der Waals surface area contributed by atoms with Crippen LogP contribution in [0, 0.1) is 6.92 Å². The number of rotatable bonds is 10. The number of hydrogen-bond acceptors (Lipinski definition) is 3. The molecule has 2 rings (SSSR count). The second-order valence-corrected chi connectivity index (χ2v) is 7.83. The molecule has 0 heterocycles. The van der Waals surface area contributed by atoms with Crippen LogP contribution in [0.5, 0.6) is 0 Å². The van der Waals surface area contributed by atoms with E-state index >= 15 is 0 Å². The van der Waals surface area contributed by atoms with Crippen LogP contribution in [0.3, 0.4) is 0 Å². The van der Waals surface area contributed by atoms with Crippen molar-refractivity contribution in [3.63, 3.8) is 0 Å². The Kier molecular flexibility index (Phi) is 9.08. The Bertz CT molecular complexity index is 764. The first-order valence-electron chi connectivity index (χ1n) is 9.73. The minimum Gasteiger partial charge on any atom is -0.357 e. The Balaban J connectivity index is 2.01. The van der Waals surface area contributed by atoms with Crippen LogP contribution in [-0.4, -0.2) is 42.1 Å². The summed E-state index contributed by atoms with van der Waals surface area (Å²) in [5.41, 5.74) is 3.60. The van der Waals surface area contributed by atoms with Crippen LogP contribution in [0.2, 0.25) is 0 Å². The molecule has 2 amide bonds. The minimum absolute atomic E-state index is 0.0176. The van der Waals surface area contributed by atoms with Gasteiger partial charge in [0, 0.05) is 19.3 Å². The molecule has 0 bridgehead atoms. The average Bonchev–Trinajstić information content (AvgIpc) is 2.71. The molecule has 1 atom stereocenters. The molecular formula is C23H30N2O2S. The van der Waals surface area contributed by atoms with Crippen molar-refractivity contribution in [1.29, 1.82) is 0 Å². The molecule has 28 heavy (non-hydrogen) atoms. The number of nitrogens with zero attached hydrogens (tertiary/aromatic N) is 1. The summed E-state index contributed by atoms with van der Waals surface area (Å²) < 4.78 is 0. The fourth-order valence-electron chi connectivity index (χ4n) is 3.20. The van der Waals surface area contributed by atoms with E-state index in [1.54, 1.807) is 23.7 Å². The molecule has 0 saturated heterocycles. The topological polar surface area (TPSA) is 49.4 Å². The second-order valence-electron chi connectivity index (χ2n) is 6.84. The van der Waals surface area contributed by atoms with Gasteiger partial charge in [0.15, 0.2) is 0 Å². The number of carbonyl (C=O) groups excluding carboxylic acids is 2. The van der Waals surface area contributed by atoms with Gasteiger partial charge in [-0.25, -0.2) is 0 Å². The summed E-state index contributed by atoms with van der Waals surface area (Å²) >= 11 is 1.60. The Morgan fingerprint density at radius 2 is 1.79 bits per heavy atom. The maximum Gasteiger partial charge on any atom is 0.242 e. The van der Waals surface area contributed by atoms with Crippen LogP contribution in [0.15, 0.2) is 54.6 Å². The Morgan fingerprint density at radius 1 is 1.07 bits per heavy atom. The van der Waals surface area contributed by atoms with E-state index in [0.717, 1.165) is 12.2 Å². The predicted molar refractivity (Wildman–Crippen MR) is 117 cm³/mol. The molecule has 0 spiro atoms. The number of nitrogens with one attached hydrogen (secondary N) is 1. The lowest BCUT2D eigenvalue weighted by molar-refractivity contribution is -0.138. The van der Waals surface area contributed by atoms with E-state index in [-0.39, 0.29) is 11.8 Å². The van der Waals surface area contributed by atoms with Gasteiger partial charge in [-0.1, -0.05) is 67.1 Å². The largest absolute Gasteiger partial charge is 0.357 e. The van der Waals surface area contributed by atoms with Crippen LogP contribution in [0.4, 0.5) is 0 Å². The first-order chi connectivity index (χ1) is 13.5. The number of carbonyl (C=O) groups is 2. The number of amides is 2. The van der Waals surface area contributed by atoms with Gasteiger partial charge in [-0.2, -0.15) is 0 Å². The van der Waals surface area contributed by atoms with E-state index < -0.39 is 6.04 Å². The maximum atomic E-state index is 13.0. The van der Waals surface area contributed by atoms with Crippen LogP contribution in [0.25, 0.3) is 0 Å². The molecule has 2 aromatic carbocycles. The molecule has 1 unspecified atom stereocenters. The van der Waals surface area contributed by atoms with Gasteiger partial charge in [0.1, 0.15) is 6.04 Å². The third kappa shape index (κ3) is 6.71. The van der Waals surface area contributed by atoms with E-state index in [0.29, 0.717) is 18.7 Å². The highest BCUT2D eigenvalue weighted by molar-refractivity contribution is 7.99. The maximum absolute atomic E-state index is 13.0. The lowest BCUT2D eigenvalue weighted by atomic mass is 10.1. The summed E-state index contributed by atoms with van der Waals surface area (Å²) in [5.74, 6) is 1.07. The number of hydrogen-bond donors (Lipinski definition) is 1. The van der Waals surface area contributed by atoms with Gasteiger partial charge in [0.05, 0.1) is 5.75 Å². The minimum atomic E-state index is -0.430. The number of thioether (sulfide) groups is 1. The molecular weight excluding hydrogens is 368 g/mol. The van der Waals surface area contributed by atoms with Gasteiger partial charge >= 0.3 is 0 Å². The van der Waals surface area contributed by atoms with Gasteiger partial charge in [-0.3, -0.25) is 9.59 Å². The molecule has 150 valence electrons. The highest BCUT2D eigenvalue weighted by atomic mass is 32.2. The SMILES string of the molecule is CCC(C(=O)NC)N(CCc1ccccc1)C(=O)CSCc1cccc(C)c1. The van der Waals surface area contributed by atoms with Crippen LogP contribution in [0.1, 0.15) is 30.0 Å². The van der Waals surface area contributed by atoms with Gasteiger partial charge in [0.2, 0.25) is 11.8 Å². The van der Waals surface area contributed by atoms with E-state index in [1.165, 1.54) is 16.7 Å². The van der Waals surface area contributed by atoms with E-state index in [2.05, 4.69) is 42.6 Å². The Hall–Kier alpha value is -2.27. The average molecular weight is 399 g/mol. The summed E-state index contributed by atoms with van der Waals surface area (Å²) in [6, 6.07) is 18.0. The zero-order valence-corrected chi connectivity index (χ0v) is 17.8. The molecule has 0 radical (unpaired) electrons. The molecule has 5 heteroatoms. The highest BCUT2D eigenvalue weighted by Crippen LogP contribution is 2.16. The number of likely N-dealkylation sites (N-methyl/N-ethyl adjacent to an activating group) is 1. The first-order valence-corrected chi connectivity index (χ1v) is 10.9. The molecule has 0 aliphatic carbocycles. The van der Waals surface area contributed by atoms with Crippen molar-refractivity contribution in [3.05, 3.63) is 71.3 Å². The van der Waals surface area contributed by atoms with Crippen LogP contribution >= 0.6 is 11.8 Å². The molecule has 0 fully saturated rings. The van der Waals surface area contributed by atoms with Gasteiger partial charge in [0.25, 0.3) is 0 Å². The third-order valence-corrected chi connectivity index (χ3v) is 5.68. The summed E-state index contributed by atoms with van der Waals surface area (Å²) in [4.78, 5) is 27.0. The zero-order chi connectivity index (χ0) is 20.4. The monoisotopic (exact) mass is 398 g/mol. The van der Waals surface area contributed by atoms with Crippen molar-refractivity contribution in [1.82, 2.24) is 10.2 Å². The predicted octanol–water partition coefficient (Wildman–Crippen LogP) is 3.82. The fraction of sp³-hybridized carbons (Fsp3) is 0.391. The zero-order valence-electron chi connectivity index (χ0n) is 17.0. The van der Waals surface area contributed by atoms with Crippen LogP contribution < -0.4 is 5.32 Å². The normalized spacial score (nSPS) is 11.7. The van der Waals surface area contributed by atoms with Crippen molar-refractivity contribution in [3.8, 4) is 0 Å². The molecule has 2 aromatic rings. The van der Waals surface area contributed by atoms with Crippen molar-refractivity contribution in [2.24, 2.45) is 0 Å². The molecule has 0 saturated carbocycles. The molecule has 0 aromatic heterocycles. The standard InChI is InChI=1S/C23H30N2O2S/c1-4-21(23(27)24-3)25(14-13-19-10-6-5-7-11-19)22(26)17-28-16-20-12-8-9-18(2)15-20/h5-12,15,21H,4,13-14,16-17H2,1-3H3,(H,24,27). The van der Waals surface area contributed by atoms with Gasteiger partial charge < -0.3 is 10.2 Å². The Labute approximate surface area is 172 Å². The fourth-order valence-corrected chi connectivity index (χ4v) is 4.06. The summed E-state index contributed by atoms with van der Waals surface area (Å²) in [6.07, 6.45) is 1.34. The lowest BCUT2D eigenvalue weighted by Crippen LogP contribution is -2.50. The lowest BCUT2D eigenvalue weighted by Gasteiger charge is -2.30. The van der Waals surface area contributed by atoms with Crippen LogP contribution in [-0.2, 0) is 21.8 Å². The smallest absolute Gasteiger partial charge is 0.242 e. The van der Waals surface area contributed by atoms with Gasteiger partial charge in [-0.05, 0) is 30.9 Å². The molecule has 4 nitrogen and oxygen atoms in total. The summed E-state index contributed by atoms with van der Waals surface area (Å²) in [6.45, 7) is 4.56. The van der Waals surface area contributed by atoms with Crippen molar-refractivity contribution in [2.45, 2.75) is 38.5 Å². The van der Waals surface area contributed by atoms with Gasteiger partial charge in [-0.15, -0.1) is 11.8 Å². The van der Waals surface area contributed by atoms with E-state index in [9.17, 15) is 9.59 Å². The first kappa shape index (κ1) is 22.0. The molecule has 0 aliphatic rings. The highest BCUT2D eigenvalue weighted by Gasteiger charge is 2.27. The summed E-state index contributed by atoms with van der Waals surface area (Å²) in [5, 5.41) is 2.70.